The molecule has 0 unspecified atom stereocenters. The zero-order valence-corrected chi connectivity index (χ0v) is 13.9. The van der Waals surface area contributed by atoms with Crippen LogP contribution in [0, 0.1) is 18.3 Å². The highest BCUT2D eigenvalue weighted by Crippen LogP contribution is 2.33. The number of nitrogens with one attached hydrogen (secondary N) is 1. The molecule has 5 nitrogen and oxygen atoms in total. The monoisotopic (exact) mass is 334 g/mol. The summed E-state index contributed by atoms with van der Waals surface area (Å²) in [6.45, 7) is 5.18. The van der Waals surface area contributed by atoms with Crippen molar-refractivity contribution in [2.45, 2.75) is 26.9 Å². The maximum Gasteiger partial charge on any atom is 0.348 e. The molecule has 7 heteroatoms. The largest absolute Gasteiger partial charge is 0.459 e. The second-order valence-electron chi connectivity index (χ2n) is 4.76. The second kappa shape index (κ2) is 6.73. The van der Waals surface area contributed by atoms with Crippen molar-refractivity contribution in [2.24, 2.45) is 0 Å². The van der Waals surface area contributed by atoms with Gasteiger partial charge < -0.3 is 10.1 Å². The minimum Gasteiger partial charge on any atom is -0.459 e. The van der Waals surface area contributed by atoms with E-state index in [1.54, 1.807) is 38.3 Å². The number of hydrogen-bond donors (Lipinski definition) is 1. The number of nitriles is 1. The molecule has 0 fully saturated rings. The van der Waals surface area contributed by atoms with Gasteiger partial charge in [-0.15, -0.1) is 22.7 Å². The van der Waals surface area contributed by atoms with Crippen LogP contribution in [0.3, 0.4) is 0 Å². The molecule has 2 aromatic rings. The van der Waals surface area contributed by atoms with Crippen LogP contribution in [0.1, 0.15) is 44.3 Å². The lowest BCUT2D eigenvalue weighted by molar-refractivity contribution is 0.0383. The maximum atomic E-state index is 12.1. The molecular weight excluding hydrogens is 320 g/mol. The Balaban J connectivity index is 2.31. The van der Waals surface area contributed by atoms with Crippen LogP contribution in [0.5, 0.6) is 0 Å². The molecular formula is C15H14N2O3S2. The molecule has 2 heterocycles. The first kappa shape index (κ1) is 16.2. The van der Waals surface area contributed by atoms with Crippen LogP contribution in [-0.2, 0) is 4.74 Å². The fourth-order valence-electron chi connectivity index (χ4n) is 1.77. The van der Waals surface area contributed by atoms with Crippen molar-refractivity contribution < 1.29 is 14.3 Å². The Hall–Kier alpha value is -2.17. The molecule has 0 saturated carbocycles. The standard InChI is InChI=1S/C15H14N2O3S2/c1-8(2)20-15(19)12-9(3)10(7-16)14(22-12)17-13(18)11-5-4-6-21-11/h4-6,8H,1-3H3,(H,17,18). The molecule has 0 aliphatic rings. The normalized spacial score (nSPS) is 10.3. The van der Waals surface area contributed by atoms with Gasteiger partial charge >= 0.3 is 5.97 Å². The zero-order valence-electron chi connectivity index (χ0n) is 12.3. The molecule has 0 aromatic carbocycles. The van der Waals surface area contributed by atoms with Gasteiger partial charge in [0.05, 0.1) is 16.5 Å². The van der Waals surface area contributed by atoms with E-state index in [1.807, 2.05) is 6.07 Å². The number of amides is 1. The molecule has 0 aliphatic heterocycles. The van der Waals surface area contributed by atoms with Gasteiger partial charge in [0, 0.05) is 0 Å². The molecule has 0 aliphatic carbocycles. The molecule has 0 bridgehead atoms. The molecule has 2 aromatic heterocycles. The van der Waals surface area contributed by atoms with Gasteiger partial charge in [0.15, 0.2) is 0 Å². The van der Waals surface area contributed by atoms with E-state index in [9.17, 15) is 14.9 Å². The summed E-state index contributed by atoms with van der Waals surface area (Å²) in [5, 5.41) is 14.1. The average Bonchev–Trinajstić information content (AvgIpc) is 3.06. The van der Waals surface area contributed by atoms with E-state index in [4.69, 9.17) is 4.74 Å². The predicted octanol–water partition coefficient (Wildman–Crippen LogP) is 3.81. The summed E-state index contributed by atoms with van der Waals surface area (Å²) >= 11 is 2.37. The molecule has 0 saturated heterocycles. The highest BCUT2D eigenvalue weighted by atomic mass is 32.1. The number of carbonyl (C=O) groups excluding carboxylic acids is 2. The summed E-state index contributed by atoms with van der Waals surface area (Å²) in [7, 11) is 0. The lowest BCUT2D eigenvalue weighted by atomic mass is 10.2. The molecule has 1 N–H and O–H groups in total. The number of nitrogens with zero attached hydrogens (tertiary/aromatic N) is 1. The third-order valence-electron chi connectivity index (χ3n) is 2.76. The van der Waals surface area contributed by atoms with E-state index < -0.39 is 5.97 Å². The Morgan fingerprint density at radius 1 is 1.41 bits per heavy atom. The molecule has 0 atom stereocenters. The summed E-state index contributed by atoms with van der Waals surface area (Å²) in [5.74, 6) is -0.776. The lowest BCUT2D eigenvalue weighted by Gasteiger charge is -2.06. The zero-order chi connectivity index (χ0) is 16.3. The van der Waals surface area contributed by atoms with Crippen LogP contribution in [0.25, 0.3) is 0 Å². The van der Waals surface area contributed by atoms with Gasteiger partial charge in [0.25, 0.3) is 5.91 Å². The Labute approximate surface area is 136 Å². The maximum absolute atomic E-state index is 12.1. The van der Waals surface area contributed by atoms with E-state index >= 15 is 0 Å². The van der Waals surface area contributed by atoms with Crippen LogP contribution in [-0.4, -0.2) is 18.0 Å². The minimum atomic E-state index is -0.481. The summed E-state index contributed by atoms with van der Waals surface area (Å²) in [4.78, 5) is 25.0. The Morgan fingerprint density at radius 2 is 2.14 bits per heavy atom. The van der Waals surface area contributed by atoms with Gasteiger partial charge in [-0.1, -0.05) is 6.07 Å². The molecule has 22 heavy (non-hydrogen) atoms. The van der Waals surface area contributed by atoms with E-state index in [-0.39, 0.29) is 12.0 Å². The minimum absolute atomic E-state index is 0.247. The molecule has 0 spiro atoms. The quantitative estimate of drug-likeness (QED) is 0.862. The van der Waals surface area contributed by atoms with Gasteiger partial charge in [-0.05, 0) is 37.8 Å². The van der Waals surface area contributed by atoms with Gasteiger partial charge in [0.1, 0.15) is 15.9 Å². The van der Waals surface area contributed by atoms with Gasteiger partial charge in [-0.25, -0.2) is 4.79 Å². The topological polar surface area (TPSA) is 79.2 Å². The van der Waals surface area contributed by atoms with E-state index in [2.05, 4.69) is 5.32 Å². The summed E-state index contributed by atoms with van der Waals surface area (Å²) < 4.78 is 5.16. The van der Waals surface area contributed by atoms with Gasteiger partial charge in [-0.2, -0.15) is 5.26 Å². The second-order valence-corrected chi connectivity index (χ2v) is 6.73. The summed E-state index contributed by atoms with van der Waals surface area (Å²) in [6.07, 6.45) is -0.247. The number of anilines is 1. The average molecular weight is 334 g/mol. The van der Waals surface area contributed by atoms with Crippen LogP contribution >= 0.6 is 22.7 Å². The smallest absolute Gasteiger partial charge is 0.348 e. The Kier molecular flexibility index (Phi) is 4.96. The first-order valence-corrected chi connectivity index (χ1v) is 8.23. The number of ether oxygens (including phenoxy) is 1. The van der Waals surface area contributed by atoms with Crippen molar-refractivity contribution in [3.05, 3.63) is 38.4 Å². The predicted molar refractivity (Wildman–Crippen MR) is 86.6 cm³/mol. The number of thiophene rings is 2. The molecule has 2 rings (SSSR count). The highest BCUT2D eigenvalue weighted by molar-refractivity contribution is 7.18. The Bertz CT molecular complexity index is 740. The van der Waals surface area contributed by atoms with Crippen LogP contribution in [0.4, 0.5) is 5.00 Å². The van der Waals surface area contributed by atoms with Crippen LogP contribution in [0.15, 0.2) is 17.5 Å². The van der Waals surface area contributed by atoms with E-state index in [0.717, 1.165) is 11.3 Å². The van der Waals surface area contributed by atoms with Gasteiger partial charge in [-0.3, -0.25) is 4.79 Å². The van der Waals surface area contributed by atoms with Crippen molar-refractivity contribution >= 4 is 39.6 Å². The summed E-state index contributed by atoms with van der Waals surface area (Å²) in [6, 6.07) is 5.50. The van der Waals surface area contributed by atoms with E-state index in [0.29, 0.717) is 25.9 Å². The fourth-order valence-corrected chi connectivity index (χ4v) is 3.43. The van der Waals surface area contributed by atoms with E-state index in [1.165, 1.54) is 11.3 Å². The van der Waals surface area contributed by atoms with Crippen molar-refractivity contribution in [1.82, 2.24) is 0 Å². The third kappa shape index (κ3) is 3.35. The number of rotatable bonds is 4. The third-order valence-corrected chi connectivity index (χ3v) is 4.81. The van der Waals surface area contributed by atoms with Crippen molar-refractivity contribution in [3.63, 3.8) is 0 Å². The van der Waals surface area contributed by atoms with Crippen molar-refractivity contribution in [3.8, 4) is 6.07 Å². The molecule has 114 valence electrons. The summed E-state index contributed by atoms with van der Waals surface area (Å²) in [5.41, 5.74) is 0.824. The SMILES string of the molecule is Cc1c(C(=O)OC(C)C)sc(NC(=O)c2cccs2)c1C#N. The number of carbonyl (C=O) groups is 2. The Morgan fingerprint density at radius 3 is 2.68 bits per heavy atom. The van der Waals surface area contributed by atoms with Gasteiger partial charge in [0.2, 0.25) is 0 Å². The van der Waals surface area contributed by atoms with Crippen LogP contribution < -0.4 is 5.32 Å². The molecule has 1 amide bonds. The number of esters is 1. The van der Waals surface area contributed by atoms with Crippen LogP contribution in [0.2, 0.25) is 0 Å². The fraction of sp³-hybridized carbons (Fsp3) is 0.267. The first-order chi connectivity index (χ1) is 10.4. The highest BCUT2D eigenvalue weighted by Gasteiger charge is 2.23. The van der Waals surface area contributed by atoms with Crippen molar-refractivity contribution in [2.75, 3.05) is 5.32 Å². The first-order valence-electron chi connectivity index (χ1n) is 6.53. The lowest BCUT2D eigenvalue weighted by Crippen LogP contribution is -2.11. The molecule has 0 radical (unpaired) electrons. The number of hydrogen-bond acceptors (Lipinski definition) is 6. The van der Waals surface area contributed by atoms with Crippen molar-refractivity contribution in [1.29, 1.82) is 5.26 Å².